The molecule has 92 valence electrons. The van der Waals surface area contributed by atoms with Gasteiger partial charge in [-0.05, 0) is 18.2 Å². The Morgan fingerprint density at radius 1 is 1.33 bits per heavy atom. The van der Waals surface area contributed by atoms with Crippen molar-refractivity contribution in [3.63, 3.8) is 0 Å². The molecule has 1 aliphatic rings. The number of hydrogen-bond donors (Lipinski definition) is 1. The molecule has 0 spiro atoms. The summed E-state index contributed by atoms with van der Waals surface area (Å²) in [4.78, 5) is 9.66. The van der Waals surface area contributed by atoms with Crippen LogP contribution < -0.4 is 4.74 Å². The van der Waals surface area contributed by atoms with Gasteiger partial charge in [0.2, 0.25) is 0 Å². The van der Waals surface area contributed by atoms with Crippen molar-refractivity contribution in [1.29, 1.82) is 0 Å². The third-order valence-corrected chi connectivity index (χ3v) is 3.81. The molecule has 1 N–H and O–H groups in total. The van der Waals surface area contributed by atoms with E-state index in [1.807, 2.05) is 24.3 Å². The van der Waals surface area contributed by atoms with Gasteiger partial charge in [-0.1, -0.05) is 12.1 Å². The van der Waals surface area contributed by atoms with Crippen LogP contribution in [0.2, 0.25) is 0 Å². The van der Waals surface area contributed by atoms with Crippen molar-refractivity contribution in [3.8, 4) is 5.75 Å². The van der Waals surface area contributed by atoms with E-state index < -0.39 is 0 Å². The molecule has 1 aromatic carbocycles. The zero-order valence-corrected chi connectivity index (χ0v) is 10.4. The summed E-state index contributed by atoms with van der Waals surface area (Å²) < 4.78 is 5.89. The summed E-state index contributed by atoms with van der Waals surface area (Å²) in [5.74, 6) is 2.28. The lowest BCUT2D eigenvalue weighted by atomic mass is 10.3. The first-order valence-electron chi connectivity index (χ1n) is 5.68. The summed E-state index contributed by atoms with van der Waals surface area (Å²) in [7, 11) is 0. The summed E-state index contributed by atoms with van der Waals surface area (Å²) in [6, 6.07) is 9.64. The van der Waals surface area contributed by atoms with Crippen LogP contribution in [0.15, 0.2) is 41.4 Å². The molecule has 0 amide bonds. The third kappa shape index (κ3) is 2.19. The maximum absolute atomic E-state index is 9.08. The van der Waals surface area contributed by atoms with E-state index in [0.29, 0.717) is 11.5 Å². The molecule has 0 saturated heterocycles. The molecule has 0 bridgehead atoms. The Hall–Kier alpha value is -1.59. The molecule has 1 aromatic heterocycles. The number of hydrogen-bond acceptors (Lipinski definition) is 5. The zero-order valence-electron chi connectivity index (χ0n) is 9.61. The summed E-state index contributed by atoms with van der Waals surface area (Å²) in [5.41, 5.74) is 0.618. The van der Waals surface area contributed by atoms with Gasteiger partial charge in [-0.15, -0.1) is 11.8 Å². The maximum Gasteiger partial charge on any atom is 0.170 e. The minimum atomic E-state index is -0.156. The molecule has 2 aromatic rings. The van der Waals surface area contributed by atoms with E-state index >= 15 is 0 Å². The molecule has 1 unspecified atom stereocenters. The fourth-order valence-corrected chi connectivity index (χ4v) is 2.78. The van der Waals surface area contributed by atoms with Gasteiger partial charge in [0.25, 0.3) is 0 Å². The first-order valence-corrected chi connectivity index (χ1v) is 6.66. The van der Waals surface area contributed by atoms with Crippen molar-refractivity contribution < 1.29 is 9.84 Å². The molecule has 0 fully saturated rings. The molecule has 1 atom stereocenters. The lowest BCUT2D eigenvalue weighted by molar-refractivity contribution is 0.208. The number of nitrogens with zero attached hydrogens (tertiary/aromatic N) is 2. The Labute approximate surface area is 109 Å². The first kappa shape index (κ1) is 11.5. The number of aromatic nitrogens is 2. The molecule has 4 nitrogen and oxygen atoms in total. The van der Waals surface area contributed by atoms with Crippen molar-refractivity contribution in [2.24, 2.45) is 0 Å². The fraction of sp³-hybridized carbons (Fsp3) is 0.231. The Balaban J connectivity index is 1.87. The largest absolute Gasteiger partial charge is 0.480 e. The Morgan fingerprint density at radius 3 is 3.11 bits per heavy atom. The summed E-state index contributed by atoms with van der Waals surface area (Å²) in [5, 5.41) is 9.08. The summed E-state index contributed by atoms with van der Waals surface area (Å²) in [6.07, 6.45) is 1.50. The first-order chi connectivity index (χ1) is 8.86. The smallest absolute Gasteiger partial charge is 0.170 e. The lowest BCUT2D eigenvalue weighted by Crippen LogP contribution is -2.18. The number of aliphatic hydroxyl groups excluding tert-OH is 1. The second kappa shape index (κ2) is 4.96. The van der Waals surface area contributed by atoms with E-state index in [2.05, 4.69) is 9.97 Å². The Kier molecular flexibility index (Phi) is 3.17. The zero-order chi connectivity index (χ0) is 12.4. The van der Waals surface area contributed by atoms with Gasteiger partial charge in [0, 0.05) is 16.8 Å². The molecule has 0 radical (unpaired) electrons. The molecular formula is C13H12N2O2S. The van der Waals surface area contributed by atoms with Crippen LogP contribution in [0, 0.1) is 0 Å². The van der Waals surface area contributed by atoms with E-state index in [0.717, 1.165) is 16.4 Å². The predicted molar refractivity (Wildman–Crippen MR) is 68.5 cm³/mol. The van der Waals surface area contributed by atoms with Gasteiger partial charge < -0.3 is 9.84 Å². The van der Waals surface area contributed by atoms with Crippen LogP contribution in [0.5, 0.6) is 5.75 Å². The highest BCUT2D eigenvalue weighted by Crippen LogP contribution is 2.39. The topological polar surface area (TPSA) is 55.2 Å². The van der Waals surface area contributed by atoms with E-state index in [4.69, 9.17) is 9.84 Å². The highest BCUT2D eigenvalue weighted by molar-refractivity contribution is 7.99. The standard InChI is InChI=1S/C13H12N2O2S/c16-7-9-5-6-14-13(15-9)11-8-18-12-4-2-1-3-10(12)17-11/h1-6,11,16H,7-8H2. The fourth-order valence-electron chi connectivity index (χ4n) is 1.80. The molecule has 18 heavy (non-hydrogen) atoms. The van der Waals surface area contributed by atoms with Gasteiger partial charge in [-0.3, -0.25) is 0 Å². The number of benzene rings is 1. The van der Waals surface area contributed by atoms with E-state index in [1.54, 1.807) is 24.0 Å². The van der Waals surface area contributed by atoms with Crippen molar-refractivity contribution >= 4 is 11.8 Å². The van der Waals surface area contributed by atoms with Gasteiger partial charge in [0.15, 0.2) is 11.9 Å². The van der Waals surface area contributed by atoms with Crippen molar-refractivity contribution in [2.45, 2.75) is 17.6 Å². The normalized spacial score (nSPS) is 17.9. The molecular weight excluding hydrogens is 248 g/mol. The minimum absolute atomic E-state index is 0.0774. The monoisotopic (exact) mass is 260 g/mol. The van der Waals surface area contributed by atoms with Crippen LogP contribution in [-0.2, 0) is 6.61 Å². The molecule has 5 heteroatoms. The number of thioether (sulfide) groups is 1. The Bertz CT molecular complexity index is 562. The summed E-state index contributed by atoms with van der Waals surface area (Å²) >= 11 is 1.74. The average molecular weight is 260 g/mol. The number of fused-ring (bicyclic) bond motifs is 1. The SMILES string of the molecule is OCc1ccnc(C2CSc3ccccc3O2)n1. The number of rotatable bonds is 2. The van der Waals surface area contributed by atoms with Crippen molar-refractivity contribution in [2.75, 3.05) is 5.75 Å². The van der Waals surface area contributed by atoms with Crippen LogP contribution in [-0.4, -0.2) is 20.8 Å². The van der Waals surface area contributed by atoms with Gasteiger partial charge in [0.1, 0.15) is 5.75 Å². The van der Waals surface area contributed by atoms with Crippen molar-refractivity contribution in [1.82, 2.24) is 9.97 Å². The maximum atomic E-state index is 9.08. The van der Waals surface area contributed by atoms with E-state index in [1.165, 1.54) is 0 Å². The number of para-hydroxylation sites is 1. The third-order valence-electron chi connectivity index (χ3n) is 2.69. The summed E-state index contributed by atoms with van der Waals surface area (Å²) in [6.45, 7) is -0.0774. The highest BCUT2D eigenvalue weighted by atomic mass is 32.2. The van der Waals surface area contributed by atoms with Gasteiger partial charge in [-0.25, -0.2) is 9.97 Å². The second-order valence-corrected chi connectivity index (χ2v) is 4.99. The average Bonchev–Trinajstić information content (AvgIpc) is 2.47. The van der Waals surface area contributed by atoms with Crippen molar-refractivity contribution in [3.05, 3.63) is 48.0 Å². The van der Waals surface area contributed by atoms with Gasteiger partial charge >= 0.3 is 0 Å². The number of ether oxygens (including phenoxy) is 1. The molecule has 1 aliphatic heterocycles. The van der Waals surface area contributed by atoms with Crippen LogP contribution in [0.1, 0.15) is 17.6 Å². The Morgan fingerprint density at radius 2 is 2.22 bits per heavy atom. The highest BCUT2D eigenvalue weighted by Gasteiger charge is 2.23. The van der Waals surface area contributed by atoms with Crippen LogP contribution >= 0.6 is 11.8 Å². The molecule has 2 heterocycles. The minimum Gasteiger partial charge on any atom is -0.480 e. The van der Waals surface area contributed by atoms with Gasteiger partial charge in [0.05, 0.1) is 12.3 Å². The molecule has 3 rings (SSSR count). The molecule has 0 saturated carbocycles. The van der Waals surface area contributed by atoms with Crippen LogP contribution in [0.3, 0.4) is 0 Å². The molecule has 0 aliphatic carbocycles. The van der Waals surface area contributed by atoms with Crippen LogP contribution in [0.25, 0.3) is 0 Å². The van der Waals surface area contributed by atoms with E-state index in [9.17, 15) is 0 Å². The lowest BCUT2D eigenvalue weighted by Gasteiger charge is -2.24. The number of aliphatic hydroxyl groups is 1. The van der Waals surface area contributed by atoms with Gasteiger partial charge in [-0.2, -0.15) is 0 Å². The quantitative estimate of drug-likeness (QED) is 0.897. The van der Waals surface area contributed by atoms with Crippen LogP contribution in [0.4, 0.5) is 0 Å². The van der Waals surface area contributed by atoms with E-state index in [-0.39, 0.29) is 12.7 Å². The second-order valence-electron chi connectivity index (χ2n) is 3.93. The predicted octanol–water partition coefficient (Wildman–Crippen LogP) is 2.19.